The number of rotatable bonds is 15. The van der Waals surface area contributed by atoms with Crippen LogP contribution in [0, 0.1) is 5.82 Å². The maximum absolute atomic E-state index is 14.0. The fourth-order valence-electron chi connectivity index (χ4n) is 5.29. The summed E-state index contributed by atoms with van der Waals surface area (Å²) in [4.78, 5) is 31.5. The van der Waals surface area contributed by atoms with Crippen molar-refractivity contribution in [3.05, 3.63) is 120 Å². The van der Waals surface area contributed by atoms with Gasteiger partial charge in [-0.3, -0.25) is 19.2 Å². The van der Waals surface area contributed by atoms with E-state index >= 15 is 0 Å². The summed E-state index contributed by atoms with van der Waals surface area (Å²) in [6.07, 6.45) is 0. The van der Waals surface area contributed by atoms with Crippen molar-refractivity contribution >= 4 is 27.5 Å². The van der Waals surface area contributed by atoms with E-state index in [9.17, 15) is 22.4 Å². The van der Waals surface area contributed by atoms with E-state index in [0.717, 1.165) is 30.8 Å². The van der Waals surface area contributed by atoms with Gasteiger partial charge in [0.15, 0.2) is 6.61 Å². The zero-order chi connectivity index (χ0) is 34.6. The highest BCUT2D eigenvalue weighted by atomic mass is 32.2. The second kappa shape index (κ2) is 16.9. The summed E-state index contributed by atoms with van der Waals surface area (Å²) in [6, 6.07) is 25.9. The average molecular weight is 691 g/mol. The molecule has 13 heteroatoms. The lowest BCUT2D eigenvalue weighted by atomic mass is 10.0. The van der Waals surface area contributed by atoms with Crippen LogP contribution >= 0.6 is 0 Å². The summed E-state index contributed by atoms with van der Waals surface area (Å²) >= 11 is 0. The fraction of sp³-hybridized carbons (Fsp3) is 0.278. The summed E-state index contributed by atoms with van der Waals surface area (Å²) in [5, 5.41) is 3.02. The van der Waals surface area contributed by atoms with Crippen LogP contribution in [0.4, 0.5) is 10.1 Å². The second-order valence-corrected chi connectivity index (χ2v) is 13.0. The van der Waals surface area contributed by atoms with Crippen molar-refractivity contribution in [1.82, 2.24) is 15.1 Å². The van der Waals surface area contributed by atoms with Crippen LogP contribution in [0.1, 0.15) is 17.2 Å². The van der Waals surface area contributed by atoms with Crippen LogP contribution in [0.15, 0.2) is 108 Å². The number of methoxy groups -OCH3 is 1. The van der Waals surface area contributed by atoms with Gasteiger partial charge in [-0.2, -0.15) is 0 Å². The SMILES string of the molecule is COc1ccc(CN(C(=O)COc2ccc(S(=O)(=O)Nc3ccc(F)cc3)cc2)[C@H](C(=O)NCCN2CCOCC2)c2ccccc2)cc1. The van der Waals surface area contributed by atoms with Gasteiger partial charge in [-0.05, 0) is 71.8 Å². The molecule has 0 aliphatic carbocycles. The molecule has 5 rings (SSSR count). The number of amides is 2. The van der Waals surface area contributed by atoms with Gasteiger partial charge in [-0.25, -0.2) is 12.8 Å². The zero-order valence-corrected chi connectivity index (χ0v) is 27.9. The van der Waals surface area contributed by atoms with E-state index in [4.69, 9.17) is 14.2 Å². The lowest BCUT2D eigenvalue weighted by Crippen LogP contribution is -2.47. The molecule has 4 aromatic carbocycles. The van der Waals surface area contributed by atoms with Crippen LogP contribution in [0.2, 0.25) is 0 Å². The predicted octanol–water partition coefficient (Wildman–Crippen LogP) is 4.23. The Morgan fingerprint density at radius 3 is 2.20 bits per heavy atom. The maximum Gasteiger partial charge on any atom is 0.261 e. The van der Waals surface area contributed by atoms with Gasteiger partial charge < -0.3 is 24.4 Å². The third-order valence-corrected chi connectivity index (χ3v) is 9.33. The summed E-state index contributed by atoms with van der Waals surface area (Å²) < 4.78 is 57.9. The minimum atomic E-state index is -3.96. The molecule has 0 aromatic heterocycles. The van der Waals surface area contributed by atoms with Crippen molar-refractivity contribution < 1.29 is 36.6 Å². The van der Waals surface area contributed by atoms with Crippen LogP contribution < -0.4 is 19.5 Å². The normalized spacial score (nSPS) is 14.0. The van der Waals surface area contributed by atoms with Crippen molar-refractivity contribution in [3.63, 3.8) is 0 Å². The third kappa shape index (κ3) is 10.0. The lowest BCUT2D eigenvalue weighted by Gasteiger charge is -2.32. The standard InChI is InChI=1S/C36H39FN4O7S/c1-46-31-13-7-27(8-14-31)25-41(35(28-5-3-2-4-6-28)36(43)38-19-20-40-21-23-47-24-22-40)34(42)26-48-32-15-17-33(18-16-32)49(44,45)39-30-11-9-29(37)10-12-30/h2-18,35,39H,19-26H2,1H3,(H,38,43)/t35-/m0/s1. The Bertz CT molecular complexity index is 1770. The molecule has 0 radical (unpaired) electrons. The van der Waals surface area contributed by atoms with Crippen molar-refractivity contribution in [2.75, 3.05) is 57.8 Å². The van der Waals surface area contributed by atoms with Gasteiger partial charge in [-0.15, -0.1) is 0 Å². The van der Waals surface area contributed by atoms with E-state index in [1.807, 2.05) is 30.3 Å². The first-order valence-electron chi connectivity index (χ1n) is 15.8. The van der Waals surface area contributed by atoms with Gasteiger partial charge >= 0.3 is 0 Å². The summed E-state index contributed by atoms with van der Waals surface area (Å²) in [5.41, 5.74) is 1.62. The number of nitrogens with zero attached hydrogens (tertiary/aromatic N) is 2. The fourth-order valence-corrected chi connectivity index (χ4v) is 6.35. The Morgan fingerprint density at radius 2 is 1.55 bits per heavy atom. The van der Waals surface area contributed by atoms with E-state index in [1.165, 1.54) is 41.3 Å². The van der Waals surface area contributed by atoms with Gasteiger partial charge in [0, 0.05) is 38.4 Å². The molecule has 1 atom stereocenters. The molecule has 1 aliphatic rings. The van der Waals surface area contributed by atoms with Gasteiger partial charge in [0.25, 0.3) is 15.9 Å². The molecule has 0 unspecified atom stereocenters. The molecule has 0 spiro atoms. The highest BCUT2D eigenvalue weighted by Crippen LogP contribution is 2.26. The van der Waals surface area contributed by atoms with E-state index in [0.29, 0.717) is 37.6 Å². The smallest absolute Gasteiger partial charge is 0.261 e. The van der Waals surface area contributed by atoms with Crippen LogP contribution in [-0.2, 0) is 30.9 Å². The lowest BCUT2D eigenvalue weighted by molar-refractivity contribution is -0.143. The van der Waals surface area contributed by atoms with Gasteiger partial charge in [-0.1, -0.05) is 42.5 Å². The molecule has 11 nitrogen and oxygen atoms in total. The Labute approximate surface area is 285 Å². The highest BCUT2D eigenvalue weighted by Gasteiger charge is 2.32. The third-order valence-electron chi connectivity index (χ3n) is 7.93. The summed E-state index contributed by atoms with van der Waals surface area (Å²) in [7, 11) is -2.39. The van der Waals surface area contributed by atoms with E-state index in [2.05, 4.69) is 14.9 Å². The number of hydrogen-bond donors (Lipinski definition) is 2. The van der Waals surface area contributed by atoms with Crippen LogP contribution in [0.25, 0.3) is 0 Å². The number of carbonyl (C=O) groups excluding carboxylic acids is 2. The minimum absolute atomic E-state index is 0.0467. The topological polar surface area (TPSA) is 127 Å². The molecule has 0 bridgehead atoms. The number of nitrogens with one attached hydrogen (secondary N) is 2. The van der Waals surface area contributed by atoms with Gasteiger partial charge in [0.1, 0.15) is 23.4 Å². The second-order valence-electron chi connectivity index (χ2n) is 11.3. The molecule has 4 aromatic rings. The summed E-state index contributed by atoms with van der Waals surface area (Å²) in [5.74, 6) is -0.360. The number of ether oxygens (including phenoxy) is 3. The first kappa shape index (κ1) is 35.3. The Hall–Kier alpha value is -4.98. The molecule has 1 heterocycles. The molecule has 1 saturated heterocycles. The zero-order valence-electron chi connectivity index (χ0n) is 27.1. The number of sulfonamides is 1. The van der Waals surface area contributed by atoms with Crippen LogP contribution in [0.5, 0.6) is 11.5 Å². The minimum Gasteiger partial charge on any atom is -0.497 e. The van der Waals surface area contributed by atoms with Crippen molar-refractivity contribution in [2.24, 2.45) is 0 Å². The molecule has 0 saturated carbocycles. The first-order valence-corrected chi connectivity index (χ1v) is 17.3. The molecule has 2 N–H and O–H groups in total. The Balaban J connectivity index is 1.32. The Kier molecular flexibility index (Phi) is 12.2. The molecule has 1 aliphatic heterocycles. The number of anilines is 1. The molecule has 258 valence electrons. The molecule has 1 fully saturated rings. The van der Waals surface area contributed by atoms with E-state index < -0.39 is 34.4 Å². The van der Waals surface area contributed by atoms with E-state index in [-0.39, 0.29) is 28.8 Å². The van der Waals surface area contributed by atoms with Crippen molar-refractivity contribution in [3.8, 4) is 11.5 Å². The van der Waals surface area contributed by atoms with Crippen LogP contribution in [-0.4, -0.2) is 83.1 Å². The number of morpholine rings is 1. The number of halogens is 1. The Morgan fingerprint density at radius 1 is 0.898 bits per heavy atom. The van der Waals surface area contributed by atoms with Gasteiger partial charge in [0.2, 0.25) is 5.91 Å². The van der Waals surface area contributed by atoms with Crippen LogP contribution in [0.3, 0.4) is 0 Å². The average Bonchev–Trinajstić information content (AvgIpc) is 3.12. The molecular formula is C36H39FN4O7S. The molecule has 2 amide bonds. The van der Waals surface area contributed by atoms with Crippen molar-refractivity contribution in [2.45, 2.75) is 17.5 Å². The number of carbonyl (C=O) groups is 2. The largest absolute Gasteiger partial charge is 0.497 e. The quantitative estimate of drug-likeness (QED) is 0.190. The van der Waals surface area contributed by atoms with Gasteiger partial charge in [0.05, 0.1) is 25.2 Å². The maximum atomic E-state index is 14.0. The molecular weight excluding hydrogens is 651 g/mol. The highest BCUT2D eigenvalue weighted by molar-refractivity contribution is 7.92. The predicted molar refractivity (Wildman–Crippen MR) is 182 cm³/mol. The number of benzene rings is 4. The monoisotopic (exact) mass is 690 g/mol. The van der Waals surface area contributed by atoms with E-state index in [1.54, 1.807) is 31.4 Å². The summed E-state index contributed by atoms with van der Waals surface area (Å²) in [6.45, 7) is 3.61. The number of hydrogen-bond acceptors (Lipinski definition) is 8. The molecule has 49 heavy (non-hydrogen) atoms. The first-order chi connectivity index (χ1) is 23.7. The van der Waals surface area contributed by atoms with Crippen molar-refractivity contribution in [1.29, 1.82) is 0 Å².